The van der Waals surface area contributed by atoms with Gasteiger partial charge >= 0.3 is 0 Å². The predicted molar refractivity (Wildman–Crippen MR) is 78.6 cm³/mol. The summed E-state index contributed by atoms with van der Waals surface area (Å²) >= 11 is 0. The number of carbonyl (C=O) groups is 1. The first-order chi connectivity index (χ1) is 9.65. The van der Waals surface area contributed by atoms with E-state index in [1.165, 1.54) is 7.11 Å². The fourth-order valence-electron chi connectivity index (χ4n) is 2.06. The van der Waals surface area contributed by atoms with Gasteiger partial charge in [-0.1, -0.05) is 24.3 Å². The minimum Gasteiger partial charge on any atom is -0.398 e. The number of nitrogens with one attached hydrogen (secondary N) is 1. The molecular formula is C15H18N2O3. The third-order valence-electron chi connectivity index (χ3n) is 3.09. The average Bonchev–Trinajstić information content (AvgIpc) is 2.45. The molecule has 2 rings (SSSR count). The van der Waals surface area contributed by atoms with Crippen LogP contribution in [0.3, 0.4) is 0 Å². The summed E-state index contributed by atoms with van der Waals surface area (Å²) in [6.07, 6.45) is 0. The van der Waals surface area contributed by atoms with E-state index in [0.29, 0.717) is 11.3 Å². The molecule has 0 fully saturated rings. The third-order valence-corrected chi connectivity index (χ3v) is 3.09. The molecule has 0 saturated heterocycles. The van der Waals surface area contributed by atoms with E-state index in [9.17, 15) is 4.79 Å². The highest BCUT2D eigenvalue weighted by Crippen LogP contribution is 2.21. The van der Waals surface area contributed by atoms with Crippen LogP contribution in [0.1, 0.15) is 10.4 Å². The number of methoxy groups -OCH3 is 1. The lowest BCUT2D eigenvalue weighted by molar-refractivity contribution is 0.0840. The fourth-order valence-corrected chi connectivity index (χ4v) is 2.06. The number of aliphatic hydroxyl groups is 1. The van der Waals surface area contributed by atoms with Gasteiger partial charge in [0.1, 0.15) is 0 Å². The van der Waals surface area contributed by atoms with Crippen LogP contribution in [0.15, 0.2) is 36.4 Å². The largest absolute Gasteiger partial charge is 0.398 e. The van der Waals surface area contributed by atoms with Crippen LogP contribution in [0.4, 0.5) is 5.69 Å². The number of fused-ring (bicyclic) bond motifs is 1. The van der Waals surface area contributed by atoms with Crippen molar-refractivity contribution in [2.45, 2.75) is 6.04 Å². The van der Waals surface area contributed by atoms with Crippen molar-refractivity contribution >= 4 is 22.4 Å². The summed E-state index contributed by atoms with van der Waals surface area (Å²) in [7, 11) is 1.51. The Morgan fingerprint density at radius 3 is 2.60 bits per heavy atom. The molecule has 0 aliphatic carbocycles. The zero-order chi connectivity index (χ0) is 14.5. The van der Waals surface area contributed by atoms with Gasteiger partial charge in [-0.05, 0) is 22.9 Å². The molecule has 0 bridgehead atoms. The molecule has 0 heterocycles. The van der Waals surface area contributed by atoms with Crippen LogP contribution in [0, 0.1) is 0 Å². The molecule has 0 spiro atoms. The quantitative estimate of drug-likeness (QED) is 0.714. The number of hydrogen-bond donors (Lipinski definition) is 3. The first kappa shape index (κ1) is 14.3. The number of benzene rings is 2. The van der Waals surface area contributed by atoms with Gasteiger partial charge in [-0.3, -0.25) is 4.79 Å². The van der Waals surface area contributed by atoms with Crippen LogP contribution in [0.2, 0.25) is 0 Å². The van der Waals surface area contributed by atoms with Gasteiger partial charge in [-0.15, -0.1) is 0 Å². The molecule has 1 atom stereocenters. The Hall–Kier alpha value is -2.11. The topological polar surface area (TPSA) is 84.6 Å². The Morgan fingerprint density at radius 1 is 1.35 bits per heavy atom. The van der Waals surface area contributed by atoms with Crippen molar-refractivity contribution in [2.24, 2.45) is 0 Å². The minimum absolute atomic E-state index is 0.187. The summed E-state index contributed by atoms with van der Waals surface area (Å²) < 4.78 is 4.93. The third kappa shape index (κ3) is 3.07. The van der Waals surface area contributed by atoms with Gasteiger partial charge in [0, 0.05) is 12.8 Å². The highest BCUT2D eigenvalue weighted by Gasteiger charge is 2.15. The Bertz CT molecular complexity index is 613. The normalized spacial score (nSPS) is 12.3. The van der Waals surface area contributed by atoms with Crippen molar-refractivity contribution in [2.75, 3.05) is 26.1 Å². The molecule has 0 saturated carbocycles. The Morgan fingerprint density at radius 2 is 2.00 bits per heavy atom. The fraction of sp³-hybridized carbons (Fsp3) is 0.267. The van der Waals surface area contributed by atoms with Gasteiger partial charge in [0.2, 0.25) is 0 Å². The van der Waals surface area contributed by atoms with Crippen LogP contribution < -0.4 is 11.1 Å². The van der Waals surface area contributed by atoms with E-state index in [2.05, 4.69) is 5.32 Å². The number of aliphatic hydroxyl groups excluding tert-OH is 1. The Labute approximate surface area is 117 Å². The predicted octanol–water partition coefficient (Wildman–Crippen LogP) is 1.16. The summed E-state index contributed by atoms with van der Waals surface area (Å²) in [6, 6.07) is 10.8. The number of amides is 1. The maximum atomic E-state index is 12.2. The highest BCUT2D eigenvalue weighted by molar-refractivity contribution is 6.04. The van der Waals surface area contributed by atoms with Crippen LogP contribution in [0.25, 0.3) is 10.8 Å². The van der Waals surface area contributed by atoms with Gasteiger partial charge in [0.25, 0.3) is 5.91 Å². The number of nitrogen functional groups attached to an aromatic ring is 1. The van der Waals surface area contributed by atoms with E-state index in [-0.39, 0.29) is 19.1 Å². The van der Waals surface area contributed by atoms with Crippen molar-refractivity contribution < 1.29 is 14.6 Å². The van der Waals surface area contributed by atoms with E-state index in [4.69, 9.17) is 15.6 Å². The summed E-state index contributed by atoms with van der Waals surface area (Å²) in [5, 5.41) is 13.8. The second kappa shape index (κ2) is 6.36. The maximum Gasteiger partial charge on any atom is 0.253 e. The summed E-state index contributed by atoms with van der Waals surface area (Å²) in [4.78, 5) is 12.2. The molecule has 106 valence electrons. The van der Waals surface area contributed by atoms with Crippen LogP contribution >= 0.6 is 0 Å². The number of rotatable bonds is 5. The molecule has 5 heteroatoms. The molecule has 0 radical (unpaired) electrons. The lowest BCUT2D eigenvalue weighted by Crippen LogP contribution is -2.40. The summed E-state index contributed by atoms with van der Waals surface area (Å²) in [6.45, 7) is 0.0583. The molecule has 0 aliphatic rings. The van der Waals surface area contributed by atoms with E-state index >= 15 is 0 Å². The standard InChI is InChI=1S/C15H18N2O3/c1-20-9-12(8-18)17-15(19)13-6-10-4-2-3-5-11(10)7-14(13)16/h2-7,12,18H,8-9,16H2,1H3,(H,17,19). The minimum atomic E-state index is -0.446. The van der Waals surface area contributed by atoms with E-state index in [1.54, 1.807) is 12.1 Å². The van der Waals surface area contributed by atoms with Crippen molar-refractivity contribution in [3.05, 3.63) is 42.0 Å². The summed E-state index contributed by atoms with van der Waals surface area (Å²) in [5.41, 5.74) is 6.74. The maximum absolute atomic E-state index is 12.2. The van der Waals surface area contributed by atoms with Crippen molar-refractivity contribution in [1.82, 2.24) is 5.32 Å². The Balaban J connectivity index is 2.27. The second-order valence-electron chi connectivity index (χ2n) is 4.59. The molecule has 1 unspecified atom stereocenters. The number of carbonyl (C=O) groups excluding carboxylic acids is 1. The second-order valence-corrected chi connectivity index (χ2v) is 4.59. The average molecular weight is 274 g/mol. The van der Waals surface area contributed by atoms with Crippen LogP contribution in [0.5, 0.6) is 0 Å². The van der Waals surface area contributed by atoms with Crippen molar-refractivity contribution in [3.8, 4) is 0 Å². The molecule has 0 aromatic heterocycles. The van der Waals surface area contributed by atoms with Gasteiger partial charge < -0.3 is 20.9 Å². The van der Waals surface area contributed by atoms with Crippen molar-refractivity contribution in [1.29, 1.82) is 0 Å². The zero-order valence-electron chi connectivity index (χ0n) is 11.3. The molecular weight excluding hydrogens is 256 g/mol. The molecule has 4 N–H and O–H groups in total. The number of anilines is 1. The van der Waals surface area contributed by atoms with Crippen molar-refractivity contribution in [3.63, 3.8) is 0 Å². The van der Waals surface area contributed by atoms with Gasteiger partial charge in [-0.2, -0.15) is 0 Å². The molecule has 1 amide bonds. The zero-order valence-corrected chi connectivity index (χ0v) is 11.3. The first-order valence-electron chi connectivity index (χ1n) is 6.34. The first-order valence-corrected chi connectivity index (χ1v) is 6.34. The van der Waals surface area contributed by atoms with Crippen LogP contribution in [-0.4, -0.2) is 37.4 Å². The monoisotopic (exact) mass is 274 g/mol. The molecule has 2 aromatic rings. The number of nitrogens with two attached hydrogens (primary N) is 1. The molecule has 5 nitrogen and oxygen atoms in total. The van der Waals surface area contributed by atoms with Crippen LogP contribution in [-0.2, 0) is 4.74 Å². The van der Waals surface area contributed by atoms with Gasteiger partial charge in [-0.25, -0.2) is 0 Å². The Kier molecular flexibility index (Phi) is 4.55. The molecule has 20 heavy (non-hydrogen) atoms. The molecule has 0 aliphatic heterocycles. The van der Waals surface area contributed by atoms with E-state index in [0.717, 1.165) is 10.8 Å². The van der Waals surface area contributed by atoms with E-state index < -0.39 is 6.04 Å². The summed E-state index contributed by atoms with van der Waals surface area (Å²) in [5.74, 6) is -0.315. The SMILES string of the molecule is COCC(CO)NC(=O)c1cc2ccccc2cc1N. The number of ether oxygens (including phenoxy) is 1. The lowest BCUT2D eigenvalue weighted by atomic mass is 10.0. The van der Waals surface area contributed by atoms with Gasteiger partial charge in [0.05, 0.1) is 24.8 Å². The highest BCUT2D eigenvalue weighted by atomic mass is 16.5. The van der Waals surface area contributed by atoms with E-state index in [1.807, 2.05) is 24.3 Å². The smallest absolute Gasteiger partial charge is 0.253 e. The number of hydrogen-bond acceptors (Lipinski definition) is 4. The lowest BCUT2D eigenvalue weighted by Gasteiger charge is -2.16. The molecule has 2 aromatic carbocycles. The van der Waals surface area contributed by atoms with Gasteiger partial charge in [0.15, 0.2) is 0 Å².